The lowest BCUT2D eigenvalue weighted by molar-refractivity contribution is -0.119. The number of amides is 3. The van der Waals surface area contributed by atoms with E-state index < -0.39 is 29.3 Å². The van der Waals surface area contributed by atoms with Gasteiger partial charge in [0.05, 0.1) is 20.6 Å². The fourth-order valence-electron chi connectivity index (χ4n) is 5.14. The van der Waals surface area contributed by atoms with Crippen LogP contribution in [0.1, 0.15) is 43.2 Å². The van der Waals surface area contributed by atoms with Gasteiger partial charge in [-0.05, 0) is 72.7 Å². The van der Waals surface area contributed by atoms with Gasteiger partial charge in [-0.2, -0.15) is 0 Å². The van der Waals surface area contributed by atoms with Crippen molar-refractivity contribution in [3.63, 3.8) is 0 Å². The Morgan fingerprint density at radius 3 is 2.56 bits per heavy atom. The third kappa shape index (κ3) is 6.24. The zero-order valence-corrected chi connectivity index (χ0v) is 22.9. The molecule has 1 saturated carbocycles. The number of thiophene rings is 1. The van der Waals surface area contributed by atoms with Crippen molar-refractivity contribution in [1.29, 1.82) is 0 Å². The number of halogens is 2. The topological polar surface area (TPSA) is 121 Å². The Balaban J connectivity index is 1.37. The number of anilines is 2. The van der Waals surface area contributed by atoms with Crippen molar-refractivity contribution in [2.24, 2.45) is 17.6 Å². The number of aliphatic hydroxyl groups excluding tert-OH is 1. The number of likely N-dealkylation sites (tertiary alicyclic amines) is 1. The maximum Gasteiger partial charge on any atom is 0.323 e. The fourth-order valence-corrected chi connectivity index (χ4v) is 6.08. The standard InChI is InChI=1S/C28H31ClFN5O3S/c29-24-5-6-25(39-24)34-27(38)35-15-18(16-36)13-23(35)26(37)33-22-14-20(3-4-21(22)30)28(31,10-7-17-1-2-17)19-8-11-32-12-9-19/h3-6,8-9,11-12,14,17-18,23,36H,1-2,7,10,13,15-16,31H2,(H,33,37)(H,34,38)/t18-,23-,28?/m1/s1. The minimum Gasteiger partial charge on any atom is -0.396 e. The van der Waals surface area contributed by atoms with Crippen molar-refractivity contribution in [3.05, 3.63) is 76.1 Å². The van der Waals surface area contributed by atoms with Crippen LogP contribution in [0.4, 0.5) is 19.9 Å². The molecule has 39 heavy (non-hydrogen) atoms. The first-order valence-electron chi connectivity index (χ1n) is 13.0. The summed E-state index contributed by atoms with van der Waals surface area (Å²) < 4.78 is 15.5. The Bertz CT molecular complexity index is 1340. The number of hydrogen-bond acceptors (Lipinski definition) is 6. The second kappa shape index (κ2) is 11.6. The smallest absolute Gasteiger partial charge is 0.323 e. The maximum absolute atomic E-state index is 15.0. The van der Waals surface area contributed by atoms with E-state index in [0.717, 1.165) is 12.0 Å². The molecule has 0 radical (unpaired) electrons. The highest BCUT2D eigenvalue weighted by atomic mass is 35.5. The van der Waals surface area contributed by atoms with Crippen molar-refractivity contribution in [3.8, 4) is 0 Å². The van der Waals surface area contributed by atoms with Crippen LogP contribution in [0.2, 0.25) is 4.34 Å². The quantitative estimate of drug-likeness (QED) is 0.282. The van der Waals surface area contributed by atoms with Crippen molar-refractivity contribution in [2.75, 3.05) is 23.8 Å². The molecule has 3 heterocycles. The highest BCUT2D eigenvalue weighted by molar-refractivity contribution is 7.20. The Hall–Kier alpha value is -3.05. The Labute approximate surface area is 235 Å². The first-order chi connectivity index (χ1) is 18.8. The maximum atomic E-state index is 15.0. The van der Waals surface area contributed by atoms with Crippen molar-refractivity contribution in [2.45, 2.75) is 43.7 Å². The van der Waals surface area contributed by atoms with Gasteiger partial charge >= 0.3 is 6.03 Å². The van der Waals surface area contributed by atoms with Gasteiger partial charge in [0.15, 0.2) is 0 Å². The second-order valence-electron chi connectivity index (χ2n) is 10.4. The van der Waals surface area contributed by atoms with Gasteiger partial charge in [0, 0.05) is 31.5 Å². The van der Waals surface area contributed by atoms with E-state index in [2.05, 4.69) is 15.6 Å². The predicted octanol–water partition coefficient (Wildman–Crippen LogP) is 5.18. The van der Waals surface area contributed by atoms with Crippen LogP contribution >= 0.6 is 22.9 Å². The molecule has 0 spiro atoms. The molecule has 1 unspecified atom stereocenters. The molecule has 11 heteroatoms. The van der Waals surface area contributed by atoms with Crippen LogP contribution in [-0.4, -0.2) is 46.1 Å². The molecule has 2 aliphatic rings. The highest BCUT2D eigenvalue weighted by Crippen LogP contribution is 2.40. The number of aromatic nitrogens is 1. The number of rotatable bonds is 9. The molecule has 5 N–H and O–H groups in total. The third-order valence-electron chi connectivity index (χ3n) is 7.59. The van der Waals surface area contributed by atoms with Crippen LogP contribution in [0.3, 0.4) is 0 Å². The number of urea groups is 1. The SMILES string of the molecule is NC(CCC1CC1)(c1ccncc1)c1ccc(F)c(NC(=O)[C@H]2C[C@@H](CO)CN2C(=O)Nc2ccc(Cl)s2)c1. The molecule has 0 bridgehead atoms. The summed E-state index contributed by atoms with van der Waals surface area (Å²) in [5, 5.41) is 15.7. The summed E-state index contributed by atoms with van der Waals surface area (Å²) >= 11 is 7.16. The van der Waals surface area contributed by atoms with E-state index >= 15 is 4.39 Å². The number of nitrogens with two attached hydrogens (primary N) is 1. The summed E-state index contributed by atoms with van der Waals surface area (Å²) in [6.07, 6.45) is 7.61. The molecule has 3 atom stereocenters. The lowest BCUT2D eigenvalue weighted by Crippen LogP contribution is -2.45. The van der Waals surface area contributed by atoms with Crippen molar-refractivity contribution < 1.29 is 19.1 Å². The van der Waals surface area contributed by atoms with Crippen LogP contribution < -0.4 is 16.4 Å². The number of nitrogens with zero attached hydrogens (tertiary/aromatic N) is 2. The Morgan fingerprint density at radius 2 is 1.90 bits per heavy atom. The first kappa shape index (κ1) is 27.5. The molecule has 2 aromatic heterocycles. The average Bonchev–Trinajstić information content (AvgIpc) is 3.52. The molecular weight excluding hydrogens is 541 g/mol. The van der Waals surface area contributed by atoms with Crippen LogP contribution in [-0.2, 0) is 10.3 Å². The zero-order chi connectivity index (χ0) is 27.6. The van der Waals surface area contributed by atoms with Crippen LogP contribution in [0.5, 0.6) is 0 Å². The largest absolute Gasteiger partial charge is 0.396 e. The molecule has 2 fully saturated rings. The number of carbonyl (C=O) groups is 2. The average molecular weight is 572 g/mol. The lowest BCUT2D eigenvalue weighted by Gasteiger charge is -2.31. The van der Waals surface area contributed by atoms with E-state index in [4.69, 9.17) is 17.3 Å². The van der Waals surface area contributed by atoms with E-state index in [9.17, 15) is 14.7 Å². The van der Waals surface area contributed by atoms with Crippen LogP contribution in [0, 0.1) is 17.7 Å². The molecule has 5 rings (SSSR count). The van der Waals surface area contributed by atoms with Gasteiger partial charge in [-0.15, -0.1) is 11.3 Å². The molecule has 1 aliphatic heterocycles. The van der Waals surface area contributed by atoms with Gasteiger partial charge in [-0.1, -0.05) is 30.5 Å². The summed E-state index contributed by atoms with van der Waals surface area (Å²) in [7, 11) is 0. The second-order valence-corrected chi connectivity index (χ2v) is 12.1. The Morgan fingerprint density at radius 1 is 1.13 bits per heavy atom. The van der Waals surface area contributed by atoms with E-state index in [1.54, 1.807) is 36.7 Å². The monoisotopic (exact) mass is 571 g/mol. The fraction of sp³-hybridized carbons (Fsp3) is 0.393. The van der Waals surface area contributed by atoms with E-state index in [1.807, 2.05) is 12.1 Å². The molecular formula is C28H31ClFN5O3S. The van der Waals surface area contributed by atoms with Gasteiger partial charge in [-0.25, -0.2) is 9.18 Å². The van der Waals surface area contributed by atoms with Gasteiger partial charge in [0.25, 0.3) is 0 Å². The first-order valence-corrected chi connectivity index (χ1v) is 14.2. The third-order valence-corrected chi connectivity index (χ3v) is 8.74. The number of hydrogen-bond donors (Lipinski definition) is 4. The Kier molecular flexibility index (Phi) is 8.18. The molecule has 1 saturated heterocycles. The van der Waals surface area contributed by atoms with Gasteiger partial charge in [-0.3, -0.25) is 15.1 Å². The van der Waals surface area contributed by atoms with E-state index in [-0.39, 0.29) is 31.2 Å². The molecule has 1 aliphatic carbocycles. The molecule has 3 amide bonds. The minimum absolute atomic E-state index is 0.00866. The molecule has 3 aromatic rings. The summed E-state index contributed by atoms with van der Waals surface area (Å²) in [5.74, 6) is -0.767. The number of benzene rings is 1. The predicted molar refractivity (Wildman–Crippen MR) is 150 cm³/mol. The minimum atomic E-state index is -0.890. The summed E-state index contributed by atoms with van der Waals surface area (Å²) in [6.45, 7) is 0.0159. The van der Waals surface area contributed by atoms with Gasteiger partial charge in [0.1, 0.15) is 11.9 Å². The van der Waals surface area contributed by atoms with Crippen LogP contribution in [0.15, 0.2) is 54.9 Å². The molecule has 8 nitrogen and oxygen atoms in total. The van der Waals surface area contributed by atoms with E-state index in [0.29, 0.717) is 27.2 Å². The zero-order valence-electron chi connectivity index (χ0n) is 21.3. The van der Waals surface area contributed by atoms with Gasteiger partial charge < -0.3 is 21.1 Å². The van der Waals surface area contributed by atoms with Crippen molar-refractivity contribution in [1.82, 2.24) is 9.88 Å². The normalized spacial score (nSPS) is 20.5. The summed E-state index contributed by atoms with van der Waals surface area (Å²) in [6, 6.07) is 10.2. The number of nitrogens with one attached hydrogen (secondary N) is 2. The molecule has 1 aromatic carbocycles. The molecule has 206 valence electrons. The number of carbonyl (C=O) groups excluding carboxylic acids is 2. The summed E-state index contributed by atoms with van der Waals surface area (Å²) in [5.41, 5.74) is 7.64. The van der Waals surface area contributed by atoms with Crippen molar-refractivity contribution >= 4 is 45.6 Å². The highest BCUT2D eigenvalue weighted by Gasteiger charge is 2.40. The van der Waals surface area contributed by atoms with Gasteiger partial charge in [0.2, 0.25) is 5.91 Å². The lowest BCUT2D eigenvalue weighted by atomic mass is 9.79. The van der Waals surface area contributed by atoms with E-state index in [1.165, 1.54) is 35.1 Å². The number of pyridine rings is 1. The summed E-state index contributed by atoms with van der Waals surface area (Å²) in [4.78, 5) is 31.9. The number of aliphatic hydroxyl groups is 1. The van der Waals surface area contributed by atoms with Crippen LogP contribution in [0.25, 0.3) is 0 Å².